The number of rotatable bonds is 3. The van der Waals surface area contributed by atoms with E-state index in [4.69, 9.17) is 4.74 Å². The normalized spacial score (nSPS) is 11.3. The van der Waals surface area contributed by atoms with Crippen molar-refractivity contribution in [2.45, 2.75) is 6.92 Å². The van der Waals surface area contributed by atoms with Crippen molar-refractivity contribution in [2.24, 2.45) is 5.10 Å². The smallest absolute Gasteiger partial charge is 0.285 e. The number of aromatic amines is 1. The third kappa shape index (κ3) is 1.71. The van der Waals surface area contributed by atoms with Gasteiger partial charge in [0.1, 0.15) is 11.7 Å². The van der Waals surface area contributed by atoms with Crippen LogP contribution in [0.5, 0.6) is 0 Å². The van der Waals surface area contributed by atoms with E-state index in [2.05, 4.69) is 20.3 Å². The van der Waals surface area contributed by atoms with Crippen molar-refractivity contribution in [1.82, 2.24) is 19.9 Å². The Kier molecular flexibility index (Phi) is 2.44. The summed E-state index contributed by atoms with van der Waals surface area (Å²) >= 11 is 0. The molecule has 7 nitrogen and oxygen atoms in total. The number of nitrogens with one attached hydrogen (secondary N) is 1. The molecular formula is C8H9N5O2. The van der Waals surface area contributed by atoms with E-state index in [-0.39, 0.29) is 5.56 Å². The highest BCUT2D eigenvalue weighted by Gasteiger charge is 2.03. The highest BCUT2D eigenvalue weighted by molar-refractivity contribution is 5.71. The van der Waals surface area contributed by atoms with Gasteiger partial charge in [-0.15, -0.1) is 5.10 Å². The first-order valence-corrected chi connectivity index (χ1v) is 4.38. The van der Waals surface area contributed by atoms with Gasteiger partial charge >= 0.3 is 0 Å². The minimum atomic E-state index is -0.287. The van der Waals surface area contributed by atoms with Crippen LogP contribution in [-0.4, -0.2) is 32.9 Å². The molecule has 2 aromatic rings. The van der Waals surface area contributed by atoms with Crippen LogP contribution >= 0.6 is 0 Å². The Bertz CT molecular complexity index is 541. The molecule has 0 fully saturated rings. The Labute approximate surface area is 84.4 Å². The first kappa shape index (κ1) is 9.38. The second-order valence-electron chi connectivity index (χ2n) is 2.70. The summed E-state index contributed by atoms with van der Waals surface area (Å²) in [5.74, 6) is 0. The Hall–Kier alpha value is -2.18. The van der Waals surface area contributed by atoms with E-state index in [0.717, 1.165) is 4.68 Å². The van der Waals surface area contributed by atoms with E-state index in [1.165, 1.54) is 18.9 Å². The summed E-state index contributed by atoms with van der Waals surface area (Å²) in [5, 5.41) is 10.5. The highest BCUT2D eigenvalue weighted by Crippen LogP contribution is 1.98. The predicted molar refractivity (Wildman–Crippen MR) is 53.7 cm³/mol. The van der Waals surface area contributed by atoms with Crippen molar-refractivity contribution in [1.29, 1.82) is 0 Å². The van der Waals surface area contributed by atoms with E-state index >= 15 is 0 Å². The van der Waals surface area contributed by atoms with Gasteiger partial charge in [-0.3, -0.25) is 9.89 Å². The maximum absolute atomic E-state index is 11.7. The number of fused-ring (bicyclic) bond motifs is 1. The maximum Gasteiger partial charge on any atom is 0.285 e. The minimum absolute atomic E-state index is 0.287. The van der Waals surface area contributed by atoms with Crippen LogP contribution in [0.4, 0.5) is 0 Å². The average molecular weight is 207 g/mol. The first-order valence-electron chi connectivity index (χ1n) is 4.38. The molecule has 78 valence electrons. The molecule has 0 unspecified atom stereocenters. The van der Waals surface area contributed by atoms with Gasteiger partial charge < -0.3 is 4.74 Å². The molecule has 2 heterocycles. The van der Waals surface area contributed by atoms with Gasteiger partial charge in [0, 0.05) is 0 Å². The van der Waals surface area contributed by atoms with Crippen molar-refractivity contribution in [3.63, 3.8) is 0 Å². The lowest BCUT2D eigenvalue weighted by atomic mass is 10.4. The summed E-state index contributed by atoms with van der Waals surface area (Å²) < 4.78 is 5.97. The fourth-order valence-corrected chi connectivity index (χ4v) is 1.06. The zero-order chi connectivity index (χ0) is 10.7. The molecule has 0 aliphatic heterocycles. The van der Waals surface area contributed by atoms with Crippen molar-refractivity contribution in [3.8, 4) is 0 Å². The van der Waals surface area contributed by atoms with Gasteiger partial charge in [0.15, 0.2) is 12.0 Å². The van der Waals surface area contributed by atoms with Crippen molar-refractivity contribution < 1.29 is 4.74 Å². The van der Waals surface area contributed by atoms with E-state index in [9.17, 15) is 4.79 Å². The molecule has 0 bridgehead atoms. The summed E-state index contributed by atoms with van der Waals surface area (Å²) in [6.07, 6.45) is 3.92. The molecule has 0 saturated carbocycles. The molecule has 2 aromatic heterocycles. The second kappa shape index (κ2) is 3.91. The second-order valence-corrected chi connectivity index (χ2v) is 2.70. The molecule has 0 atom stereocenters. The van der Waals surface area contributed by atoms with Gasteiger partial charge in [-0.1, -0.05) is 0 Å². The Balaban J connectivity index is 2.44. The number of hydrogen-bond acceptors (Lipinski definition) is 5. The fourth-order valence-electron chi connectivity index (χ4n) is 1.06. The van der Waals surface area contributed by atoms with Crippen LogP contribution in [0, 0.1) is 0 Å². The highest BCUT2D eigenvalue weighted by atomic mass is 16.5. The van der Waals surface area contributed by atoms with Gasteiger partial charge in [0.05, 0.1) is 12.8 Å². The third-order valence-electron chi connectivity index (χ3n) is 1.77. The Morgan fingerprint density at radius 3 is 3.40 bits per heavy atom. The van der Waals surface area contributed by atoms with Crippen LogP contribution in [-0.2, 0) is 4.74 Å². The van der Waals surface area contributed by atoms with E-state index in [1.807, 2.05) is 6.92 Å². The van der Waals surface area contributed by atoms with Crippen LogP contribution < -0.4 is 5.56 Å². The molecule has 0 radical (unpaired) electrons. The van der Waals surface area contributed by atoms with Crippen molar-refractivity contribution in [2.75, 3.05) is 6.61 Å². The largest absolute Gasteiger partial charge is 0.482 e. The lowest BCUT2D eigenvalue weighted by Crippen LogP contribution is -2.16. The fraction of sp³-hybridized carbons (Fsp3) is 0.250. The summed E-state index contributed by atoms with van der Waals surface area (Å²) in [4.78, 5) is 15.6. The number of ether oxygens (including phenoxy) is 1. The molecule has 7 heteroatoms. The molecule has 0 aliphatic carbocycles. The number of nitrogens with zero attached hydrogens (tertiary/aromatic N) is 4. The van der Waals surface area contributed by atoms with Crippen molar-refractivity contribution in [3.05, 3.63) is 22.9 Å². The van der Waals surface area contributed by atoms with Gasteiger partial charge in [0.25, 0.3) is 5.56 Å². The van der Waals surface area contributed by atoms with Crippen LogP contribution in [0.15, 0.2) is 22.4 Å². The molecule has 1 N–H and O–H groups in total. The molecular weight excluding hydrogens is 198 g/mol. The number of aromatic nitrogens is 4. The van der Waals surface area contributed by atoms with E-state index in [0.29, 0.717) is 17.6 Å². The van der Waals surface area contributed by atoms with Gasteiger partial charge in [-0.2, -0.15) is 9.77 Å². The lowest BCUT2D eigenvalue weighted by molar-refractivity contribution is 0.340. The topological polar surface area (TPSA) is 85.2 Å². The number of H-pyrrole nitrogens is 1. The SMILES string of the molecule is CCO/C=N/n1cnc2[nH]ncc2c1=O. The zero-order valence-electron chi connectivity index (χ0n) is 8.04. The maximum atomic E-state index is 11.7. The van der Waals surface area contributed by atoms with Gasteiger partial charge in [0.2, 0.25) is 0 Å². The summed E-state index contributed by atoms with van der Waals surface area (Å²) in [6, 6.07) is 0. The predicted octanol–water partition coefficient (Wildman–Crippen LogP) is -0.0525. The van der Waals surface area contributed by atoms with Crippen LogP contribution in [0.3, 0.4) is 0 Å². The average Bonchev–Trinajstić information content (AvgIpc) is 2.70. The van der Waals surface area contributed by atoms with Gasteiger partial charge in [-0.05, 0) is 6.92 Å². The van der Waals surface area contributed by atoms with Crippen molar-refractivity contribution >= 4 is 17.4 Å². The molecule has 0 aromatic carbocycles. The number of hydrogen-bond donors (Lipinski definition) is 1. The molecule has 15 heavy (non-hydrogen) atoms. The van der Waals surface area contributed by atoms with Crippen LogP contribution in [0.1, 0.15) is 6.92 Å². The Morgan fingerprint density at radius 2 is 2.60 bits per heavy atom. The molecule has 0 saturated heterocycles. The zero-order valence-corrected chi connectivity index (χ0v) is 8.04. The molecule has 0 aliphatic rings. The van der Waals surface area contributed by atoms with E-state index < -0.39 is 0 Å². The van der Waals surface area contributed by atoms with Crippen LogP contribution in [0.25, 0.3) is 11.0 Å². The molecule has 0 spiro atoms. The minimum Gasteiger partial charge on any atom is -0.482 e. The lowest BCUT2D eigenvalue weighted by Gasteiger charge is -1.96. The molecule has 0 amide bonds. The standard InChI is InChI=1S/C8H9N5O2/c1-2-15-5-11-13-4-9-7-6(8(13)14)3-10-12-7/h3-5H,2H2,1H3,(H,10,12)/b11-5+. The summed E-state index contributed by atoms with van der Waals surface area (Å²) in [5.41, 5.74) is 0.160. The van der Waals surface area contributed by atoms with E-state index in [1.54, 1.807) is 0 Å². The van der Waals surface area contributed by atoms with Gasteiger partial charge in [-0.25, -0.2) is 4.98 Å². The third-order valence-corrected chi connectivity index (χ3v) is 1.77. The summed E-state index contributed by atoms with van der Waals surface area (Å²) in [7, 11) is 0. The molecule has 2 rings (SSSR count). The summed E-state index contributed by atoms with van der Waals surface area (Å²) in [6.45, 7) is 2.33. The van der Waals surface area contributed by atoms with Crippen LogP contribution in [0.2, 0.25) is 0 Å². The first-order chi connectivity index (χ1) is 7.33. The Morgan fingerprint density at radius 1 is 1.73 bits per heavy atom. The quantitative estimate of drug-likeness (QED) is 0.564. The monoisotopic (exact) mass is 207 g/mol.